The number of benzene rings is 4. The Morgan fingerprint density at radius 1 is 0.639 bits per heavy atom. The van der Waals surface area contributed by atoms with Gasteiger partial charge >= 0.3 is 41.9 Å². The fourth-order valence-corrected chi connectivity index (χ4v) is 4.64. The molecule has 178 valence electrons. The van der Waals surface area contributed by atoms with Crippen LogP contribution in [-0.4, -0.2) is 5.43 Å². The second-order valence-electron chi connectivity index (χ2n) is 9.86. The summed E-state index contributed by atoms with van der Waals surface area (Å²) in [6.45, 7) is 13.3. The van der Waals surface area contributed by atoms with Crippen LogP contribution in [0.15, 0.2) is 97.1 Å². The molecule has 0 saturated heterocycles. The first-order chi connectivity index (χ1) is 17.2. The topological polar surface area (TPSA) is 0 Å². The maximum absolute atomic E-state index is 2.31. The molecule has 0 amide bonds. The zero-order chi connectivity index (χ0) is 25.8. The number of rotatable bonds is 1. The van der Waals surface area contributed by atoms with Gasteiger partial charge in [0.05, 0.1) is 0 Å². The predicted molar refractivity (Wildman–Crippen MR) is 158 cm³/mol. The second kappa shape index (κ2) is 11.7. The summed E-state index contributed by atoms with van der Waals surface area (Å²) in [6, 6.07) is 35.2. The van der Waals surface area contributed by atoms with E-state index in [1.54, 1.807) is 23.3 Å². The zero-order valence-corrected chi connectivity index (χ0v) is 25.7. The molecule has 0 unspecified atom stereocenters. The summed E-state index contributed by atoms with van der Waals surface area (Å²) in [6.07, 6.45) is 0. The van der Waals surface area contributed by atoms with Gasteiger partial charge < -0.3 is 0 Å². The van der Waals surface area contributed by atoms with E-state index >= 15 is 0 Å². The molecule has 6 aromatic carbocycles. The fourth-order valence-electron chi connectivity index (χ4n) is 4.64. The quantitative estimate of drug-likeness (QED) is 0.106. The van der Waals surface area contributed by atoms with Gasteiger partial charge in [-0.1, -0.05) is 81.8 Å². The summed E-state index contributed by atoms with van der Waals surface area (Å²) in [4.78, 5) is 0. The number of hydrogen-bond acceptors (Lipinski definition) is 0. The first-order valence-corrected chi connectivity index (χ1v) is 18.7. The molecule has 0 nitrogen and oxygen atoms in total. The van der Waals surface area contributed by atoms with Gasteiger partial charge in [-0.05, 0) is 33.7 Å². The van der Waals surface area contributed by atoms with E-state index in [1.165, 1.54) is 65.7 Å². The van der Waals surface area contributed by atoms with Crippen molar-refractivity contribution in [1.29, 1.82) is 0 Å². The van der Waals surface area contributed by atoms with Crippen LogP contribution in [-0.2, 0) is 23.3 Å². The van der Waals surface area contributed by atoms with Crippen molar-refractivity contribution in [2.45, 2.75) is 40.8 Å². The molecular formula is C34H34SiZr. The molecule has 0 fully saturated rings. The van der Waals surface area contributed by atoms with E-state index in [4.69, 9.17) is 0 Å². The Kier molecular flexibility index (Phi) is 8.60. The third kappa shape index (κ3) is 6.05. The van der Waals surface area contributed by atoms with Gasteiger partial charge in [-0.15, -0.1) is 46.7 Å². The zero-order valence-electron chi connectivity index (χ0n) is 22.2. The van der Waals surface area contributed by atoms with Gasteiger partial charge in [-0.3, -0.25) is 0 Å². The molecule has 36 heavy (non-hydrogen) atoms. The molecule has 6 aromatic rings. The average Bonchev–Trinajstić information content (AvgIpc) is 3.39. The van der Waals surface area contributed by atoms with E-state index in [0.717, 1.165) is 0 Å². The van der Waals surface area contributed by atoms with E-state index in [2.05, 4.69) is 138 Å². The van der Waals surface area contributed by atoms with Crippen LogP contribution in [0.4, 0.5) is 0 Å². The maximum Gasteiger partial charge on any atom is -0.0178 e. The van der Waals surface area contributed by atoms with E-state index in [-0.39, 0.29) is 5.43 Å². The van der Waals surface area contributed by atoms with Crippen LogP contribution in [0.25, 0.3) is 43.4 Å². The summed E-state index contributed by atoms with van der Waals surface area (Å²) in [5, 5.41) is 7.82. The minimum Gasteiger partial charge on any atom is -0.196 e. The van der Waals surface area contributed by atoms with Crippen molar-refractivity contribution in [3.8, 4) is 11.1 Å². The molecule has 0 radical (unpaired) electrons. The largest absolute Gasteiger partial charge is 0.196 e. The number of hydrogen-bond donors (Lipinski definition) is 0. The Morgan fingerprint density at radius 3 is 1.75 bits per heavy atom. The van der Waals surface area contributed by atoms with Gasteiger partial charge in [-0.2, -0.15) is 28.3 Å². The molecule has 0 saturated carbocycles. The van der Waals surface area contributed by atoms with Gasteiger partial charge in [0.1, 0.15) is 0 Å². The van der Waals surface area contributed by atoms with Gasteiger partial charge in [-0.25, -0.2) is 0 Å². The molecule has 0 aliphatic rings. The molecule has 0 spiro atoms. The molecule has 6 rings (SSSR count). The predicted octanol–water partition coefficient (Wildman–Crippen LogP) is 9.96. The average molecular weight is 562 g/mol. The van der Waals surface area contributed by atoms with E-state index in [1.807, 2.05) is 0 Å². The molecule has 0 N–H and O–H groups in total. The van der Waals surface area contributed by atoms with Crippen molar-refractivity contribution in [3.05, 3.63) is 119 Å². The Labute approximate surface area is 231 Å². The normalized spacial score (nSPS) is 10.7. The first kappa shape index (κ1) is 26.5. The minimum atomic E-state index is 0.210. The van der Waals surface area contributed by atoms with Crippen LogP contribution in [0, 0.1) is 27.7 Å². The summed E-state index contributed by atoms with van der Waals surface area (Å²) in [5.74, 6) is 0. The number of aryl methyl sites for hydroxylation is 2. The molecule has 0 atom stereocenters. The van der Waals surface area contributed by atoms with Gasteiger partial charge in [0, 0.05) is 0 Å². The van der Waals surface area contributed by atoms with Crippen molar-refractivity contribution in [2.24, 2.45) is 0 Å². The third-order valence-electron chi connectivity index (χ3n) is 6.87. The summed E-state index contributed by atoms with van der Waals surface area (Å²) in [7, 11) is 0. The van der Waals surface area contributed by atoms with Crippen molar-refractivity contribution < 1.29 is 23.3 Å². The Balaban J connectivity index is 0.000000195. The van der Waals surface area contributed by atoms with Crippen molar-refractivity contribution in [1.82, 2.24) is 0 Å². The molecule has 0 heterocycles. The first-order valence-electron chi connectivity index (χ1n) is 12.5. The Bertz CT molecular complexity index is 1640. The van der Waals surface area contributed by atoms with Crippen LogP contribution in [0.2, 0.25) is 13.1 Å². The van der Waals surface area contributed by atoms with Gasteiger partial charge in [0.2, 0.25) is 0 Å². The van der Waals surface area contributed by atoms with Crippen LogP contribution in [0.5, 0.6) is 0 Å². The maximum atomic E-state index is 2.31. The summed E-state index contributed by atoms with van der Waals surface area (Å²) < 4.78 is 0. The van der Waals surface area contributed by atoms with E-state index < -0.39 is 0 Å². The molecule has 2 heteroatoms. The monoisotopic (exact) mass is 560 g/mol. The van der Waals surface area contributed by atoms with Crippen LogP contribution < -0.4 is 0 Å². The van der Waals surface area contributed by atoms with Crippen molar-refractivity contribution in [3.63, 3.8) is 0 Å². The fraction of sp³-hybridized carbons (Fsp3) is 0.176. The SMILES string of the molecule is C[Si](C)=[Zr+2].Cc1[cH-]c(C)c(C)c1C.c1ccc2cc3cc(-c4c[cH-]c5ccccc45)ccc3cc2c1. The summed E-state index contributed by atoms with van der Waals surface area (Å²) >= 11 is 1.74. The smallest absolute Gasteiger partial charge is 0.0178 e. The van der Waals surface area contributed by atoms with Crippen molar-refractivity contribution in [2.75, 3.05) is 0 Å². The van der Waals surface area contributed by atoms with E-state index in [0.29, 0.717) is 0 Å². The molecule has 0 aliphatic heterocycles. The number of fused-ring (bicyclic) bond motifs is 3. The van der Waals surface area contributed by atoms with Crippen LogP contribution in [0.3, 0.4) is 0 Å². The van der Waals surface area contributed by atoms with E-state index in [9.17, 15) is 0 Å². The Morgan fingerprint density at radius 2 is 1.17 bits per heavy atom. The standard InChI is InChI=1S/C23H15.C9H13.C2H6Si.Zr/c1-2-7-18-14-21-15-20(10-9-19(21)13-17(18)6-1)23-12-11-16-5-3-4-8-22(16)23;1-6-5-7(2)9(4)8(6)3;1-3-2;/h1-15H;5H,1-4H3;1-2H3;/q2*-1;;+2. The molecule has 0 aromatic heterocycles. The van der Waals surface area contributed by atoms with Crippen LogP contribution in [0.1, 0.15) is 22.3 Å². The molecule has 0 aliphatic carbocycles. The van der Waals surface area contributed by atoms with Crippen LogP contribution >= 0.6 is 0 Å². The minimum absolute atomic E-state index is 0.210. The van der Waals surface area contributed by atoms with Gasteiger partial charge in [0.25, 0.3) is 0 Å². The Hall–Kier alpha value is -2.54. The van der Waals surface area contributed by atoms with Crippen molar-refractivity contribution >= 4 is 37.8 Å². The third-order valence-corrected chi connectivity index (χ3v) is 6.87. The second-order valence-corrected chi connectivity index (χ2v) is 19.2. The van der Waals surface area contributed by atoms with Gasteiger partial charge in [0.15, 0.2) is 0 Å². The molecule has 0 bridgehead atoms. The molecular weight excluding hydrogens is 528 g/mol. The summed E-state index contributed by atoms with van der Waals surface area (Å²) in [5.41, 5.74) is 8.56.